The molecule has 2 aromatic carbocycles. The number of anilines is 1. The van der Waals surface area contributed by atoms with Gasteiger partial charge in [0, 0.05) is 32.7 Å². The van der Waals surface area contributed by atoms with E-state index in [0.29, 0.717) is 61.9 Å². The monoisotopic (exact) mass is 568 g/mol. The fourth-order valence-electron chi connectivity index (χ4n) is 4.91. The van der Waals surface area contributed by atoms with Gasteiger partial charge in [0.2, 0.25) is 5.91 Å². The van der Waals surface area contributed by atoms with Crippen molar-refractivity contribution in [1.29, 1.82) is 0 Å². The Morgan fingerprint density at radius 2 is 1.78 bits per heavy atom. The number of aromatic nitrogens is 2. The standard InChI is InChI=1S/C29H31F3N6O3/c1-18(19-2-4-20(5-3-19)24-12-23(29(30,31)32)7-6-21(24)13-33)35-27(39)25-14-34-15-26(36-25)37-8-10-38(11-9-37)28(40)22-16-41-17-22/h2-7,12,14-15,18,22H,8-11,13,16-17,33H2,1H3,(H,35,39)/t18-/m1/s1. The van der Waals surface area contributed by atoms with Crippen molar-refractivity contribution in [2.45, 2.75) is 25.7 Å². The predicted molar refractivity (Wildman–Crippen MR) is 146 cm³/mol. The first kappa shape index (κ1) is 28.5. The molecular weight excluding hydrogens is 537 g/mol. The Balaban J connectivity index is 1.22. The summed E-state index contributed by atoms with van der Waals surface area (Å²) in [5.41, 5.74) is 7.57. The van der Waals surface area contributed by atoms with E-state index in [1.807, 2.05) is 16.7 Å². The number of nitrogens with two attached hydrogens (primary N) is 1. The minimum absolute atomic E-state index is 0.0458. The minimum Gasteiger partial charge on any atom is -0.380 e. The van der Waals surface area contributed by atoms with Crippen molar-refractivity contribution >= 4 is 17.6 Å². The number of alkyl halides is 3. The van der Waals surface area contributed by atoms with Crippen LogP contribution in [0.2, 0.25) is 0 Å². The Morgan fingerprint density at radius 1 is 1.07 bits per heavy atom. The number of carbonyl (C=O) groups is 2. The van der Waals surface area contributed by atoms with E-state index in [0.717, 1.165) is 17.7 Å². The molecule has 216 valence electrons. The summed E-state index contributed by atoms with van der Waals surface area (Å²) >= 11 is 0. The van der Waals surface area contributed by atoms with E-state index in [1.54, 1.807) is 30.5 Å². The van der Waals surface area contributed by atoms with Gasteiger partial charge in [-0.15, -0.1) is 0 Å². The molecule has 1 aromatic heterocycles. The topological polar surface area (TPSA) is 114 Å². The molecule has 0 spiro atoms. The SMILES string of the molecule is C[C@@H](NC(=O)c1cncc(N2CCN(C(=O)C3COC3)CC2)n1)c1ccc(-c2cc(C(F)(F)F)ccc2CN)cc1. The normalized spacial score (nSPS) is 16.7. The summed E-state index contributed by atoms with van der Waals surface area (Å²) in [7, 11) is 0. The third kappa shape index (κ3) is 6.33. The Kier molecular flexibility index (Phi) is 8.22. The quantitative estimate of drug-likeness (QED) is 0.449. The van der Waals surface area contributed by atoms with E-state index in [1.165, 1.54) is 12.3 Å². The zero-order chi connectivity index (χ0) is 29.1. The molecule has 2 fully saturated rings. The summed E-state index contributed by atoms with van der Waals surface area (Å²) in [5, 5.41) is 2.91. The summed E-state index contributed by atoms with van der Waals surface area (Å²) in [6.07, 6.45) is -1.47. The number of carbonyl (C=O) groups excluding carboxylic acids is 2. The van der Waals surface area contributed by atoms with Gasteiger partial charge in [0.05, 0.1) is 43.1 Å². The number of nitrogens with one attached hydrogen (secondary N) is 1. The highest BCUT2D eigenvalue weighted by Gasteiger charge is 2.33. The van der Waals surface area contributed by atoms with Gasteiger partial charge in [0.1, 0.15) is 11.5 Å². The smallest absolute Gasteiger partial charge is 0.380 e. The van der Waals surface area contributed by atoms with Gasteiger partial charge in [-0.2, -0.15) is 13.2 Å². The first-order chi connectivity index (χ1) is 19.6. The fourth-order valence-corrected chi connectivity index (χ4v) is 4.91. The molecule has 0 bridgehead atoms. The second-order valence-electron chi connectivity index (χ2n) is 10.2. The summed E-state index contributed by atoms with van der Waals surface area (Å²) < 4.78 is 44.9. The number of rotatable bonds is 7. The second kappa shape index (κ2) is 11.8. The molecule has 2 aliphatic rings. The first-order valence-corrected chi connectivity index (χ1v) is 13.4. The van der Waals surface area contributed by atoms with Crippen LogP contribution in [0.5, 0.6) is 0 Å². The highest BCUT2D eigenvalue weighted by molar-refractivity contribution is 5.92. The van der Waals surface area contributed by atoms with Gasteiger partial charge in [-0.25, -0.2) is 4.98 Å². The second-order valence-corrected chi connectivity index (χ2v) is 10.2. The summed E-state index contributed by atoms with van der Waals surface area (Å²) in [6, 6.07) is 10.1. The van der Waals surface area contributed by atoms with Gasteiger partial charge in [-0.05, 0) is 41.3 Å². The molecule has 0 radical (unpaired) electrons. The van der Waals surface area contributed by atoms with Gasteiger partial charge in [0.15, 0.2) is 0 Å². The third-order valence-electron chi connectivity index (χ3n) is 7.48. The number of halogens is 3. The molecule has 2 saturated heterocycles. The van der Waals surface area contributed by atoms with E-state index >= 15 is 0 Å². The van der Waals surface area contributed by atoms with Crippen LogP contribution in [0.25, 0.3) is 11.1 Å². The molecule has 12 heteroatoms. The number of piperazine rings is 1. The van der Waals surface area contributed by atoms with Crippen molar-refractivity contribution in [1.82, 2.24) is 20.2 Å². The van der Waals surface area contributed by atoms with Crippen molar-refractivity contribution in [2.75, 3.05) is 44.3 Å². The van der Waals surface area contributed by atoms with Crippen LogP contribution >= 0.6 is 0 Å². The highest BCUT2D eigenvalue weighted by Crippen LogP contribution is 2.34. The van der Waals surface area contributed by atoms with E-state index in [2.05, 4.69) is 15.3 Å². The maximum absolute atomic E-state index is 13.3. The highest BCUT2D eigenvalue weighted by atomic mass is 19.4. The molecule has 5 rings (SSSR count). The number of nitrogens with zero attached hydrogens (tertiary/aromatic N) is 4. The average molecular weight is 569 g/mol. The first-order valence-electron chi connectivity index (χ1n) is 13.4. The lowest BCUT2D eigenvalue weighted by atomic mass is 9.95. The van der Waals surface area contributed by atoms with Gasteiger partial charge < -0.3 is 25.6 Å². The molecule has 1 atom stereocenters. The zero-order valence-corrected chi connectivity index (χ0v) is 22.5. The van der Waals surface area contributed by atoms with Crippen LogP contribution in [-0.2, 0) is 22.3 Å². The van der Waals surface area contributed by atoms with Crippen LogP contribution in [0.15, 0.2) is 54.9 Å². The van der Waals surface area contributed by atoms with Gasteiger partial charge >= 0.3 is 6.18 Å². The van der Waals surface area contributed by atoms with Crippen molar-refractivity contribution < 1.29 is 27.5 Å². The third-order valence-corrected chi connectivity index (χ3v) is 7.48. The Labute approximate surface area is 235 Å². The van der Waals surface area contributed by atoms with Crippen LogP contribution < -0.4 is 16.0 Å². The van der Waals surface area contributed by atoms with E-state index in [4.69, 9.17) is 10.5 Å². The Bertz CT molecular complexity index is 1400. The molecule has 0 saturated carbocycles. The lowest BCUT2D eigenvalue weighted by molar-refractivity contribution is -0.150. The van der Waals surface area contributed by atoms with Gasteiger partial charge in [0.25, 0.3) is 5.91 Å². The summed E-state index contributed by atoms with van der Waals surface area (Å²) in [4.78, 5) is 38.0. The van der Waals surface area contributed by atoms with Crippen LogP contribution in [-0.4, -0.2) is 66.1 Å². The van der Waals surface area contributed by atoms with Crippen molar-refractivity contribution in [3.63, 3.8) is 0 Å². The molecule has 9 nitrogen and oxygen atoms in total. The molecule has 0 aliphatic carbocycles. The van der Waals surface area contributed by atoms with Crippen molar-refractivity contribution in [3.05, 3.63) is 77.2 Å². The number of ether oxygens (including phenoxy) is 1. The largest absolute Gasteiger partial charge is 0.416 e. The van der Waals surface area contributed by atoms with Gasteiger partial charge in [-0.1, -0.05) is 30.3 Å². The maximum atomic E-state index is 13.3. The fraction of sp³-hybridized carbons (Fsp3) is 0.379. The predicted octanol–water partition coefficient (Wildman–Crippen LogP) is 3.41. The van der Waals surface area contributed by atoms with Crippen molar-refractivity contribution in [2.24, 2.45) is 11.7 Å². The summed E-state index contributed by atoms with van der Waals surface area (Å²) in [5.74, 6) is 0.228. The van der Waals surface area contributed by atoms with Crippen LogP contribution in [0.4, 0.5) is 19.0 Å². The molecule has 2 amide bonds. The zero-order valence-electron chi connectivity index (χ0n) is 22.5. The molecular formula is C29H31F3N6O3. The van der Waals surface area contributed by atoms with E-state index in [9.17, 15) is 22.8 Å². The number of hydrogen-bond acceptors (Lipinski definition) is 7. The van der Waals surface area contributed by atoms with Crippen LogP contribution in [0.3, 0.4) is 0 Å². The van der Waals surface area contributed by atoms with Crippen molar-refractivity contribution in [3.8, 4) is 11.1 Å². The molecule has 3 aromatic rings. The van der Waals surface area contributed by atoms with Crippen LogP contribution in [0, 0.1) is 5.92 Å². The lowest BCUT2D eigenvalue weighted by Crippen LogP contribution is -2.53. The minimum atomic E-state index is -4.46. The number of amides is 2. The van der Waals surface area contributed by atoms with E-state index < -0.39 is 23.7 Å². The lowest BCUT2D eigenvalue weighted by Gasteiger charge is -2.38. The number of hydrogen-bond donors (Lipinski definition) is 2. The molecule has 0 unspecified atom stereocenters. The van der Waals surface area contributed by atoms with E-state index in [-0.39, 0.29) is 24.1 Å². The van der Waals surface area contributed by atoms with Gasteiger partial charge in [-0.3, -0.25) is 14.6 Å². The van der Waals surface area contributed by atoms with Crippen LogP contribution in [0.1, 0.15) is 40.1 Å². The summed E-state index contributed by atoms with van der Waals surface area (Å²) in [6.45, 7) is 5.17. The molecule has 3 N–H and O–H groups in total. The Hall–Kier alpha value is -4.03. The molecule has 2 aliphatic heterocycles. The average Bonchev–Trinajstić information content (AvgIpc) is 2.95. The molecule has 41 heavy (non-hydrogen) atoms. The molecule has 3 heterocycles. The maximum Gasteiger partial charge on any atom is 0.416 e. The number of benzene rings is 2. The Morgan fingerprint density at radius 3 is 2.39 bits per heavy atom.